The number of nitrogens with two attached hydrogens (primary N) is 1. The Kier molecular flexibility index (Phi) is 13.8. The largest absolute Gasteiger partial charge is 0.497 e. The van der Waals surface area contributed by atoms with Crippen molar-refractivity contribution >= 4 is 47.0 Å². The number of benzene rings is 1. The number of carbonyl (C=O) groups is 6. The summed E-state index contributed by atoms with van der Waals surface area (Å²) in [5.41, 5.74) is 5.99. The summed E-state index contributed by atoms with van der Waals surface area (Å²) in [7, 11) is 3.20. The van der Waals surface area contributed by atoms with Crippen LogP contribution in [0.1, 0.15) is 82.8 Å². The minimum Gasteiger partial charge on any atom is -0.497 e. The number of amides is 4. The lowest BCUT2D eigenvalue weighted by atomic mass is 10.0. The second-order valence-corrected chi connectivity index (χ2v) is 14.4. The number of aromatic nitrogens is 1. The average molecular weight is 732 g/mol. The molecule has 1 aromatic heterocycles. The molecule has 1 aromatic carbocycles. The van der Waals surface area contributed by atoms with Gasteiger partial charge in [-0.1, -0.05) is 25.0 Å². The van der Waals surface area contributed by atoms with Crippen molar-refractivity contribution in [3.05, 3.63) is 30.4 Å². The van der Waals surface area contributed by atoms with Crippen molar-refractivity contribution in [1.29, 1.82) is 0 Å². The van der Waals surface area contributed by atoms with Gasteiger partial charge in [0.15, 0.2) is 17.7 Å². The highest BCUT2D eigenvalue weighted by Crippen LogP contribution is 2.39. The number of alkyl carbamates (subject to hydrolysis) is 1. The normalized spacial score (nSPS) is 21.4. The highest BCUT2D eigenvalue weighted by molar-refractivity contribution is 6.26. The summed E-state index contributed by atoms with van der Waals surface area (Å²) in [5.74, 6) is -0.140. The number of fused-ring (bicyclic) bond motifs is 1. The van der Waals surface area contributed by atoms with Gasteiger partial charge in [-0.05, 0) is 77.3 Å². The number of likely N-dealkylation sites (tertiary alicyclic amines) is 1. The molecular formula is C37H57N5O10. The lowest BCUT2D eigenvalue weighted by Crippen LogP contribution is -2.53. The number of hydrogen-bond donors (Lipinski definition) is 3. The fraction of sp³-hybridized carbons (Fsp3) is 0.595. The molecule has 2 saturated carbocycles. The summed E-state index contributed by atoms with van der Waals surface area (Å²) >= 11 is 0. The van der Waals surface area contributed by atoms with Crippen LogP contribution in [0.2, 0.25) is 0 Å². The molecule has 3 aliphatic rings. The van der Waals surface area contributed by atoms with Gasteiger partial charge in [0, 0.05) is 35.7 Å². The van der Waals surface area contributed by atoms with Crippen LogP contribution in [-0.4, -0.2) is 90.3 Å². The van der Waals surface area contributed by atoms with E-state index in [-0.39, 0.29) is 46.8 Å². The van der Waals surface area contributed by atoms with Crippen molar-refractivity contribution < 1.29 is 51.7 Å². The van der Waals surface area contributed by atoms with Crippen LogP contribution in [0.4, 0.5) is 4.79 Å². The summed E-state index contributed by atoms with van der Waals surface area (Å²) < 4.78 is 22.3. The summed E-state index contributed by atoms with van der Waals surface area (Å²) in [4.78, 5) is 76.2. The minimum atomic E-state index is -0.930. The second kappa shape index (κ2) is 18.0. The van der Waals surface area contributed by atoms with Crippen LogP contribution in [0.3, 0.4) is 0 Å². The van der Waals surface area contributed by atoms with E-state index in [2.05, 4.69) is 27.8 Å². The number of ketones is 1. The zero-order valence-corrected chi connectivity index (χ0v) is 30.6. The maximum Gasteiger partial charge on any atom is 0.408 e. The van der Waals surface area contributed by atoms with E-state index in [4.69, 9.17) is 24.4 Å². The van der Waals surface area contributed by atoms with Gasteiger partial charge < -0.3 is 39.9 Å². The number of unbranched alkanes of at least 4 members (excludes halogenated alkanes) is 3. The van der Waals surface area contributed by atoms with Crippen LogP contribution in [0.25, 0.3) is 11.1 Å². The maximum atomic E-state index is 13.8. The molecule has 2 aliphatic carbocycles. The van der Waals surface area contributed by atoms with E-state index in [0.717, 1.165) is 38.5 Å². The van der Waals surface area contributed by atoms with Gasteiger partial charge in [-0.25, -0.2) is 4.79 Å². The molecule has 0 spiro atoms. The first-order valence-electron chi connectivity index (χ1n) is 17.8. The zero-order valence-electron chi connectivity index (χ0n) is 30.6. The molecule has 52 heavy (non-hydrogen) atoms. The lowest BCUT2D eigenvalue weighted by molar-refractivity contribution is -0.139. The topological polar surface area (TPSA) is 209 Å². The molecule has 2 heterocycles. The van der Waals surface area contributed by atoms with Gasteiger partial charge in [-0.3, -0.25) is 24.0 Å². The molecule has 2 aromatic rings. The fourth-order valence-corrected chi connectivity index (χ4v) is 5.95. The molecule has 0 radical (unpaired) electrons. The van der Waals surface area contributed by atoms with E-state index in [1.807, 2.05) is 0 Å². The number of carbonyl (C=O) groups excluding carboxylic acids is 6. The fourth-order valence-electron chi connectivity index (χ4n) is 5.95. The van der Waals surface area contributed by atoms with Crippen LogP contribution in [0, 0.1) is 17.8 Å². The standard InChI is InChI=1S/C32H45N5O8.C5H6O2.3H2/c1-32(2,3)45-30(41)35-23(12-10-8-6-7-9-11-19-15-22(19)28(39)34-4)29(40)37-18-21(17-25(37)27(33)38)43-31-36-24-16-20(42-5)13-14-26(24)44-31;6-3-5(7)4-1-2-4;;;/h9,11,13-14,16,19,21-23,25H,6-8,10,12,15,17-18H2,1-5H3,(H2,33,38)(H,34,39)(H,35,41);3-4H,1-2H2;3*1H/b11-9-;;;;/t19-,21-,22+,23+,25+;;;;/m1..../s1. The summed E-state index contributed by atoms with van der Waals surface area (Å²) in [6, 6.07) is 3.31. The van der Waals surface area contributed by atoms with Crippen LogP contribution >= 0.6 is 0 Å². The third kappa shape index (κ3) is 11.8. The number of nitrogens with zero attached hydrogens (tertiary/aromatic N) is 2. The van der Waals surface area contributed by atoms with Crippen molar-refractivity contribution in [2.75, 3.05) is 20.7 Å². The number of rotatable bonds is 16. The summed E-state index contributed by atoms with van der Waals surface area (Å²) in [6.07, 6.45) is 9.76. The SMILES string of the molecule is CNC(=O)[C@H]1C[C@H]1/C=C\CCCCC[C@H](NC(=O)OC(C)(C)C)C(=O)N1C[C@H](Oc2nc3cc(OC)ccc3o2)C[C@H]1C(N)=O.O=CC(=O)C1CC1.[HH].[HH].[HH]. The second-order valence-electron chi connectivity index (χ2n) is 14.4. The molecule has 5 rings (SSSR count). The smallest absolute Gasteiger partial charge is 0.408 e. The molecule has 290 valence electrons. The van der Waals surface area contributed by atoms with Gasteiger partial charge in [0.25, 0.3) is 0 Å². The van der Waals surface area contributed by atoms with Gasteiger partial charge in [-0.2, -0.15) is 4.98 Å². The van der Waals surface area contributed by atoms with Crippen molar-refractivity contribution in [3.8, 4) is 11.8 Å². The van der Waals surface area contributed by atoms with Gasteiger partial charge in [0.1, 0.15) is 35.1 Å². The predicted octanol–water partition coefficient (Wildman–Crippen LogP) is 4.35. The van der Waals surface area contributed by atoms with Crippen LogP contribution in [0.5, 0.6) is 11.8 Å². The first kappa shape index (κ1) is 39.8. The quantitative estimate of drug-likeness (QED) is 0.0956. The maximum absolute atomic E-state index is 13.8. The average Bonchev–Trinajstić information content (AvgIpc) is 4.02. The van der Waals surface area contributed by atoms with Gasteiger partial charge in [0.2, 0.25) is 17.7 Å². The minimum absolute atomic E-state index is 0. The van der Waals surface area contributed by atoms with E-state index >= 15 is 0 Å². The number of Topliss-reactive ketones (excluding diaryl/α,β-unsaturated/α-hetero) is 1. The number of hydrogen-bond acceptors (Lipinski definition) is 11. The van der Waals surface area contributed by atoms with E-state index in [0.29, 0.717) is 41.9 Å². The highest BCUT2D eigenvalue weighted by atomic mass is 16.6. The Morgan fingerprint density at radius 1 is 1.13 bits per heavy atom. The number of aldehydes is 1. The van der Waals surface area contributed by atoms with Crippen molar-refractivity contribution in [2.24, 2.45) is 23.5 Å². The van der Waals surface area contributed by atoms with Crippen molar-refractivity contribution in [1.82, 2.24) is 20.5 Å². The number of oxazole rings is 1. The number of allylic oxidation sites excluding steroid dienone is 2. The van der Waals surface area contributed by atoms with Crippen LogP contribution in [0.15, 0.2) is 34.8 Å². The molecule has 15 heteroatoms. The molecule has 4 N–H and O–H groups in total. The molecule has 5 atom stereocenters. The molecule has 0 unspecified atom stereocenters. The van der Waals surface area contributed by atoms with Crippen LogP contribution < -0.4 is 25.8 Å². The molecule has 1 aliphatic heterocycles. The molecule has 0 bridgehead atoms. The first-order chi connectivity index (χ1) is 24.7. The zero-order chi connectivity index (χ0) is 38.0. The Balaban J connectivity index is 0.00000136. The number of ether oxygens (including phenoxy) is 3. The summed E-state index contributed by atoms with van der Waals surface area (Å²) in [5, 5.41) is 5.39. The predicted molar refractivity (Wildman–Crippen MR) is 195 cm³/mol. The summed E-state index contributed by atoms with van der Waals surface area (Å²) in [6.45, 7) is 5.28. The Morgan fingerprint density at radius 2 is 1.88 bits per heavy atom. The van der Waals surface area contributed by atoms with Gasteiger partial charge in [-0.15, -0.1) is 0 Å². The molecule has 1 saturated heterocycles. The Morgan fingerprint density at radius 3 is 2.50 bits per heavy atom. The Hall–Kier alpha value is -4.95. The van der Waals surface area contributed by atoms with E-state index in [1.165, 1.54) is 4.90 Å². The highest BCUT2D eigenvalue weighted by Gasteiger charge is 2.43. The Bertz CT molecular complexity index is 1640. The number of nitrogens with one attached hydrogen (secondary N) is 2. The van der Waals surface area contributed by atoms with Gasteiger partial charge in [0.05, 0.1) is 13.7 Å². The van der Waals surface area contributed by atoms with E-state index in [9.17, 15) is 28.8 Å². The van der Waals surface area contributed by atoms with E-state index in [1.54, 1.807) is 53.1 Å². The van der Waals surface area contributed by atoms with Gasteiger partial charge >= 0.3 is 12.2 Å². The molecular weight excluding hydrogens is 674 g/mol. The van der Waals surface area contributed by atoms with E-state index < -0.39 is 41.7 Å². The molecule has 3 fully saturated rings. The molecule has 15 nitrogen and oxygen atoms in total. The third-order valence-corrected chi connectivity index (χ3v) is 8.97. The third-order valence-electron chi connectivity index (χ3n) is 8.97. The monoisotopic (exact) mass is 731 g/mol. The lowest BCUT2D eigenvalue weighted by Gasteiger charge is -2.28. The number of primary amides is 1. The van der Waals surface area contributed by atoms with Crippen molar-refractivity contribution in [2.45, 2.75) is 102 Å². The van der Waals surface area contributed by atoms with Crippen LogP contribution in [-0.2, 0) is 28.7 Å². The molecule has 4 amide bonds. The first-order valence-corrected chi connectivity index (χ1v) is 17.8. The number of methoxy groups -OCH3 is 1. The van der Waals surface area contributed by atoms with Crippen molar-refractivity contribution in [3.63, 3.8) is 0 Å². The Labute approximate surface area is 307 Å².